The molecule has 1 aliphatic rings. The molecule has 1 heterocycles. The van der Waals surface area contributed by atoms with Crippen LogP contribution in [0.3, 0.4) is 0 Å². The molecule has 19 heavy (non-hydrogen) atoms. The number of nitrogens with zero attached hydrogens (tertiary/aromatic N) is 2. The predicted molar refractivity (Wildman–Crippen MR) is 60.4 cm³/mol. The molecule has 1 aromatic heterocycles. The predicted octanol–water partition coefficient (Wildman–Crippen LogP) is 2.96. The van der Waals surface area contributed by atoms with Crippen molar-refractivity contribution in [3.05, 3.63) is 18.0 Å². The van der Waals surface area contributed by atoms with Crippen LogP contribution in [-0.4, -0.2) is 20.9 Å². The van der Waals surface area contributed by atoms with E-state index in [1.54, 1.807) is 0 Å². The summed E-state index contributed by atoms with van der Waals surface area (Å²) >= 11 is 0. The molecule has 1 aliphatic carbocycles. The van der Waals surface area contributed by atoms with Crippen molar-refractivity contribution in [3.8, 4) is 0 Å². The minimum atomic E-state index is -4.50. The monoisotopic (exact) mass is 276 g/mol. The smallest absolute Gasteiger partial charge is 0.435 e. The van der Waals surface area contributed by atoms with E-state index >= 15 is 0 Å². The molecule has 4 nitrogen and oxygen atoms in total. The average Bonchev–Trinajstić information content (AvgIpc) is 2.77. The molecular formula is C12H15F3N2O2. The van der Waals surface area contributed by atoms with Gasteiger partial charge in [0, 0.05) is 6.20 Å². The zero-order chi connectivity index (χ0) is 14.2. The molecule has 1 aromatic rings. The number of aromatic nitrogens is 2. The largest absolute Gasteiger partial charge is 0.481 e. The van der Waals surface area contributed by atoms with Gasteiger partial charge in [-0.2, -0.15) is 18.3 Å². The summed E-state index contributed by atoms with van der Waals surface area (Å²) in [6, 6.07) is 0.385. The molecule has 106 valence electrons. The lowest BCUT2D eigenvalue weighted by Gasteiger charge is -2.32. The van der Waals surface area contributed by atoms with Gasteiger partial charge in [-0.15, -0.1) is 0 Å². The Hall–Kier alpha value is -1.53. The van der Waals surface area contributed by atoms with E-state index in [4.69, 9.17) is 5.11 Å². The van der Waals surface area contributed by atoms with Crippen molar-refractivity contribution in [1.29, 1.82) is 0 Å². The summed E-state index contributed by atoms with van der Waals surface area (Å²) in [7, 11) is 0. The number of carbonyl (C=O) groups is 1. The maximum atomic E-state index is 12.5. The number of aliphatic carboxylic acids is 1. The van der Waals surface area contributed by atoms with Crippen LogP contribution in [0.25, 0.3) is 0 Å². The van der Waals surface area contributed by atoms with E-state index in [0.717, 1.165) is 17.2 Å². The van der Waals surface area contributed by atoms with Crippen molar-refractivity contribution < 1.29 is 23.1 Å². The Balaban J connectivity index is 2.26. The molecule has 0 spiro atoms. The minimum absolute atomic E-state index is 0.291. The first-order valence-corrected chi connectivity index (χ1v) is 6.14. The van der Waals surface area contributed by atoms with Crippen LogP contribution in [-0.2, 0) is 11.0 Å². The van der Waals surface area contributed by atoms with Gasteiger partial charge in [-0.3, -0.25) is 9.48 Å². The molecule has 1 fully saturated rings. The zero-order valence-electron chi connectivity index (χ0n) is 10.4. The number of hydrogen-bond acceptors (Lipinski definition) is 2. The van der Waals surface area contributed by atoms with Gasteiger partial charge in [0.1, 0.15) is 0 Å². The Labute approximate surface area is 108 Å². The van der Waals surface area contributed by atoms with Gasteiger partial charge in [-0.25, -0.2) is 0 Å². The summed E-state index contributed by atoms with van der Waals surface area (Å²) in [5.41, 5.74) is -0.977. The molecule has 1 N–H and O–H groups in total. The van der Waals surface area contributed by atoms with Crippen LogP contribution >= 0.6 is 0 Å². The van der Waals surface area contributed by atoms with Crippen LogP contribution in [0.2, 0.25) is 0 Å². The molecule has 0 bridgehead atoms. The van der Waals surface area contributed by atoms with Crippen LogP contribution in [0.4, 0.5) is 13.2 Å². The summed E-state index contributed by atoms with van der Waals surface area (Å²) < 4.78 is 38.7. The van der Waals surface area contributed by atoms with Gasteiger partial charge in [0.05, 0.1) is 12.0 Å². The van der Waals surface area contributed by atoms with E-state index in [-0.39, 0.29) is 0 Å². The maximum absolute atomic E-state index is 12.5. The van der Waals surface area contributed by atoms with Crippen LogP contribution in [0.5, 0.6) is 0 Å². The van der Waals surface area contributed by atoms with Crippen molar-refractivity contribution in [1.82, 2.24) is 9.78 Å². The first kappa shape index (κ1) is 13.9. The Morgan fingerprint density at radius 2 is 2.16 bits per heavy atom. The van der Waals surface area contributed by atoms with E-state index in [0.29, 0.717) is 18.8 Å². The van der Waals surface area contributed by atoms with Crippen molar-refractivity contribution in [2.24, 2.45) is 11.8 Å². The van der Waals surface area contributed by atoms with Gasteiger partial charge in [0.25, 0.3) is 0 Å². The van der Waals surface area contributed by atoms with Crippen molar-refractivity contribution >= 4 is 5.97 Å². The highest BCUT2D eigenvalue weighted by Gasteiger charge is 2.38. The molecule has 3 unspecified atom stereocenters. The summed E-state index contributed by atoms with van der Waals surface area (Å²) in [6.45, 7) is 1.97. The van der Waals surface area contributed by atoms with E-state index in [2.05, 4.69) is 5.10 Å². The zero-order valence-corrected chi connectivity index (χ0v) is 10.4. The molecule has 0 saturated heterocycles. The lowest BCUT2D eigenvalue weighted by molar-refractivity contribution is -0.145. The number of carboxylic acids is 1. The topological polar surface area (TPSA) is 55.1 Å². The van der Waals surface area contributed by atoms with Crippen LogP contribution < -0.4 is 0 Å². The van der Waals surface area contributed by atoms with Gasteiger partial charge in [-0.05, 0) is 31.2 Å². The first-order valence-electron chi connectivity index (χ1n) is 6.14. The Morgan fingerprint density at radius 1 is 1.47 bits per heavy atom. The van der Waals surface area contributed by atoms with E-state index in [1.165, 1.54) is 6.20 Å². The molecule has 0 aliphatic heterocycles. The lowest BCUT2D eigenvalue weighted by Crippen LogP contribution is -2.32. The molecule has 3 atom stereocenters. The highest BCUT2D eigenvalue weighted by molar-refractivity contribution is 5.70. The highest BCUT2D eigenvalue weighted by Crippen LogP contribution is 2.38. The van der Waals surface area contributed by atoms with Gasteiger partial charge in [0.2, 0.25) is 0 Å². The molecular weight excluding hydrogens is 261 g/mol. The fraction of sp³-hybridized carbons (Fsp3) is 0.667. The second kappa shape index (κ2) is 4.86. The second-order valence-electron chi connectivity index (χ2n) is 5.11. The first-order chi connectivity index (χ1) is 8.79. The van der Waals surface area contributed by atoms with Gasteiger partial charge < -0.3 is 5.11 Å². The molecule has 2 rings (SSSR count). The third-order valence-electron chi connectivity index (χ3n) is 3.63. The Morgan fingerprint density at radius 3 is 2.68 bits per heavy atom. The normalized spacial score (nSPS) is 28.3. The van der Waals surface area contributed by atoms with E-state index in [9.17, 15) is 18.0 Å². The second-order valence-corrected chi connectivity index (χ2v) is 5.11. The highest BCUT2D eigenvalue weighted by atomic mass is 19.4. The summed E-state index contributed by atoms with van der Waals surface area (Å²) in [4.78, 5) is 11.2. The maximum Gasteiger partial charge on any atom is 0.435 e. The van der Waals surface area contributed by atoms with E-state index in [1.807, 2.05) is 6.92 Å². The number of alkyl halides is 3. The molecule has 0 aromatic carbocycles. The fourth-order valence-corrected chi connectivity index (χ4v) is 2.61. The number of halogens is 3. The average molecular weight is 276 g/mol. The number of carboxylic acid groups (broad SMARTS) is 1. The third kappa shape index (κ3) is 2.90. The third-order valence-corrected chi connectivity index (χ3v) is 3.63. The molecule has 0 amide bonds. The summed E-state index contributed by atoms with van der Waals surface area (Å²) in [5.74, 6) is -1.35. The minimum Gasteiger partial charge on any atom is -0.481 e. The SMILES string of the molecule is CC1CCC(C(=O)O)C(n2ccc(C(F)(F)F)n2)C1. The van der Waals surface area contributed by atoms with Crippen molar-refractivity contribution in [2.45, 2.75) is 38.4 Å². The quantitative estimate of drug-likeness (QED) is 0.903. The Bertz CT molecular complexity index is 470. The molecule has 7 heteroatoms. The van der Waals surface area contributed by atoms with Crippen LogP contribution in [0.1, 0.15) is 37.9 Å². The summed E-state index contributed by atoms with van der Waals surface area (Å²) in [5, 5.41) is 12.7. The van der Waals surface area contributed by atoms with Gasteiger partial charge >= 0.3 is 12.1 Å². The summed E-state index contributed by atoms with van der Waals surface area (Å²) in [6.07, 6.45) is -1.48. The van der Waals surface area contributed by atoms with Crippen molar-refractivity contribution in [2.75, 3.05) is 0 Å². The van der Waals surface area contributed by atoms with Crippen molar-refractivity contribution in [3.63, 3.8) is 0 Å². The van der Waals surface area contributed by atoms with E-state index < -0.39 is 29.8 Å². The van der Waals surface area contributed by atoms with Gasteiger partial charge in [0.15, 0.2) is 5.69 Å². The van der Waals surface area contributed by atoms with Gasteiger partial charge in [-0.1, -0.05) is 6.92 Å². The fourth-order valence-electron chi connectivity index (χ4n) is 2.61. The van der Waals surface area contributed by atoms with Crippen LogP contribution in [0, 0.1) is 11.8 Å². The molecule has 1 saturated carbocycles. The molecule has 0 radical (unpaired) electrons. The standard InChI is InChI=1S/C12H15F3N2O2/c1-7-2-3-8(11(18)19)9(6-7)17-5-4-10(16-17)12(13,14)15/h4-5,7-9H,2-3,6H2,1H3,(H,18,19). The lowest BCUT2D eigenvalue weighted by atomic mass is 9.79. The van der Waals surface area contributed by atoms with Crippen LogP contribution in [0.15, 0.2) is 12.3 Å². The Kier molecular flexibility index (Phi) is 3.56. The number of hydrogen-bond donors (Lipinski definition) is 1. The number of rotatable bonds is 2.